The molecule has 24 heavy (non-hydrogen) atoms. The fourth-order valence-electron chi connectivity index (χ4n) is 2.14. The number of aliphatic hydroxyl groups is 1. The van der Waals surface area contributed by atoms with Gasteiger partial charge in [-0.1, -0.05) is 30.3 Å². The molecule has 0 fully saturated rings. The number of primary sulfonamides is 1. The number of anilines is 1. The Balaban J connectivity index is 1.94. The summed E-state index contributed by atoms with van der Waals surface area (Å²) in [6.45, 7) is -0.202. The maximum Gasteiger partial charge on any atom is 0.319 e. The first-order valence-electron chi connectivity index (χ1n) is 7.23. The van der Waals surface area contributed by atoms with Gasteiger partial charge in [-0.25, -0.2) is 18.4 Å². The summed E-state index contributed by atoms with van der Waals surface area (Å²) in [7, 11) is -3.77. The number of carbonyl (C=O) groups is 1. The maximum absolute atomic E-state index is 12.0. The molecule has 2 rings (SSSR count). The Bertz CT molecular complexity index is 777. The SMILES string of the molecule is NS(=O)(=O)c1ccc(NC(=O)N[C@@H](CO)Cc2ccccc2)cc1. The first-order chi connectivity index (χ1) is 11.4. The maximum atomic E-state index is 12.0. The Morgan fingerprint density at radius 3 is 2.25 bits per heavy atom. The van der Waals surface area contributed by atoms with Crippen LogP contribution in [0.25, 0.3) is 0 Å². The third-order valence-electron chi connectivity index (χ3n) is 3.32. The van der Waals surface area contributed by atoms with Crippen molar-refractivity contribution in [2.45, 2.75) is 17.4 Å². The van der Waals surface area contributed by atoms with Crippen LogP contribution in [0, 0.1) is 0 Å². The molecule has 2 amide bonds. The van der Waals surface area contributed by atoms with Crippen LogP contribution >= 0.6 is 0 Å². The minimum Gasteiger partial charge on any atom is -0.394 e. The van der Waals surface area contributed by atoms with Crippen LogP contribution in [-0.2, 0) is 16.4 Å². The van der Waals surface area contributed by atoms with Crippen molar-refractivity contribution in [1.82, 2.24) is 5.32 Å². The molecule has 0 unspecified atom stereocenters. The number of hydrogen-bond acceptors (Lipinski definition) is 4. The molecule has 0 aliphatic rings. The Labute approximate surface area is 140 Å². The molecule has 1 atom stereocenters. The molecule has 5 N–H and O–H groups in total. The van der Waals surface area contributed by atoms with Crippen molar-refractivity contribution in [3.8, 4) is 0 Å². The van der Waals surface area contributed by atoms with Gasteiger partial charge in [-0.15, -0.1) is 0 Å². The van der Waals surface area contributed by atoms with Crippen molar-refractivity contribution in [2.75, 3.05) is 11.9 Å². The summed E-state index contributed by atoms with van der Waals surface area (Å²) in [6.07, 6.45) is 0.495. The molecule has 128 valence electrons. The standard InChI is InChI=1S/C16H19N3O4S/c17-24(22,23)15-8-6-13(7-9-15)18-16(21)19-14(11-20)10-12-4-2-1-3-5-12/h1-9,14,20H,10-11H2,(H2,17,22,23)(H2,18,19,21)/t14-/m1/s1. The van der Waals surface area contributed by atoms with E-state index in [1.807, 2.05) is 30.3 Å². The van der Waals surface area contributed by atoms with Gasteiger partial charge in [-0.3, -0.25) is 0 Å². The highest BCUT2D eigenvalue weighted by Gasteiger charge is 2.13. The smallest absolute Gasteiger partial charge is 0.319 e. The van der Waals surface area contributed by atoms with Crippen molar-refractivity contribution >= 4 is 21.7 Å². The Kier molecular flexibility index (Phi) is 5.91. The quantitative estimate of drug-likeness (QED) is 0.623. The zero-order valence-electron chi connectivity index (χ0n) is 12.8. The summed E-state index contributed by atoms with van der Waals surface area (Å²) in [5.74, 6) is 0. The molecule has 0 heterocycles. The van der Waals surface area contributed by atoms with E-state index in [1.54, 1.807) is 0 Å². The van der Waals surface area contributed by atoms with Gasteiger partial charge < -0.3 is 15.7 Å². The van der Waals surface area contributed by atoms with Gasteiger partial charge >= 0.3 is 6.03 Å². The lowest BCUT2D eigenvalue weighted by atomic mass is 10.1. The van der Waals surface area contributed by atoms with E-state index in [-0.39, 0.29) is 11.5 Å². The first kappa shape index (κ1) is 17.9. The van der Waals surface area contributed by atoms with Crippen molar-refractivity contribution < 1.29 is 18.3 Å². The molecule has 0 spiro atoms. The summed E-state index contributed by atoms with van der Waals surface area (Å²) in [5, 5.41) is 19.7. The molecule has 0 aliphatic carbocycles. The molecule has 2 aromatic rings. The van der Waals surface area contributed by atoms with Gasteiger partial charge in [0.2, 0.25) is 10.0 Å². The fourth-order valence-corrected chi connectivity index (χ4v) is 2.66. The molecular weight excluding hydrogens is 330 g/mol. The number of carbonyl (C=O) groups excluding carboxylic acids is 1. The second-order valence-electron chi connectivity index (χ2n) is 5.24. The van der Waals surface area contributed by atoms with E-state index in [4.69, 9.17) is 5.14 Å². The van der Waals surface area contributed by atoms with Crippen molar-refractivity contribution in [1.29, 1.82) is 0 Å². The minimum absolute atomic E-state index is 0.0363. The van der Waals surface area contributed by atoms with Gasteiger partial charge in [0, 0.05) is 5.69 Å². The lowest BCUT2D eigenvalue weighted by molar-refractivity contribution is 0.224. The highest BCUT2D eigenvalue weighted by molar-refractivity contribution is 7.89. The summed E-state index contributed by atoms with van der Waals surface area (Å²) >= 11 is 0. The summed E-state index contributed by atoms with van der Waals surface area (Å²) < 4.78 is 22.3. The van der Waals surface area contributed by atoms with Crippen LogP contribution in [0.2, 0.25) is 0 Å². The van der Waals surface area contributed by atoms with Gasteiger partial charge in [0.15, 0.2) is 0 Å². The Morgan fingerprint density at radius 2 is 1.71 bits per heavy atom. The monoisotopic (exact) mass is 349 g/mol. The largest absolute Gasteiger partial charge is 0.394 e. The molecule has 7 nitrogen and oxygen atoms in total. The van der Waals surface area contributed by atoms with E-state index in [9.17, 15) is 18.3 Å². The lowest BCUT2D eigenvalue weighted by Gasteiger charge is -2.17. The predicted octanol–water partition coefficient (Wildman–Crippen LogP) is 1.06. The van der Waals surface area contributed by atoms with Crippen LogP contribution < -0.4 is 15.8 Å². The molecular formula is C16H19N3O4S. The summed E-state index contributed by atoms with van der Waals surface area (Å²) in [4.78, 5) is 11.9. The van der Waals surface area contributed by atoms with Crippen LogP contribution in [0.15, 0.2) is 59.5 Å². The van der Waals surface area contributed by atoms with E-state index in [2.05, 4.69) is 10.6 Å². The molecule has 0 bridgehead atoms. The third-order valence-corrected chi connectivity index (χ3v) is 4.25. The second kappa shape index (κ2) is 7.91. The molecule has 8 heteroatoms. The second-order valence-corrected chi connectivity index (χ2v) is 6.80. The number of sulfonamides is 1. The molecule has 0 aliphatic heterocycles. The van der Waals surface area contributed by atoms with Crippen LogP contribution in [0.1, 0.15) is 5.56 Å². The van der Waals surface area contributed by atoms with Gasteiger partial charge in [0.25, 0.3) is 0 Å². The number of aliphatic hydroxyl groups excluding tert-OH is 1. The number of nitrogens with one attached hydrogen (secondary N) is 2. The van der Waals surface area contributed by atoms with E-state index in [1.165, 1.54) is 24.3 Å². The van der Waals surface area contributed by atoms with Gasteiger partial charge in [-0.05, 0) is 36.2 Å². The fraction of sp³-hybridized carbons (Fsp3) is 0.188. The lowest BCUT2D eigenvalue weighted by Crippen LogP contribution is -2.41. The highest BCUT2D eigenvalue weighted by Crippen LogP contribution is 2.12. The zero-order chi connectivity index (χ0) is 17.6. The minimum atomic E-state index is -3.77. The van der Waals surface area contributed by atoms with E-state index in [0.29, 0.717) is 12.1 Å². The first-order valence-corrected chi connectivity index (χ1v) is 8.78. The number of rotatable bonds is 6. The topological polar surface area (TPSA) is 122 Å². The van der Waals surface area contributed by atoms with Crippen molar-refractivity contribution in [3.63, 3.8) is 0 Å². The third kappa shape index (κ3) is 5.34. The van der Waals surface area contributed by atoms with Crippen molar-refractivity contribution in [3.05, 3.63) is 60.2 Å². The number of nitrogens with two attached hydrogens (primary N) is 1. The Morgan fingerprint density at radius 1 is 1.08 bits per heavy atom. The van der Waals surface area contributed by atoms with Gasteiger partial charge in [-0.2, -0.15) is 0 Å². The van der Waals surface area contributed by atoms with Crippen LogP contribution in [0.3, 0.4) is 0 Å². The number of hydrogen-bond donors (Lipinski definition) is 4. The molecule has 0 saturated carbocycles. The number of urea groups is 1. The molecule has 0 aromatic heterocycles. The number of benzene rings is 2. The van der Waals surface area contributed by atoms with Gasteiger partial charge in [0.05, 0.1) is 17.5 Å². The van der Waals surface area contributed by atoms with Crippen molar-refractivity contribution in [2.24, 2.45) is 5.14 Å². The predicted molar refractivity (Wildman–Crippen MR) is 91.0 cm³/mol. The van der Waals surface area contributed by atoms with E-state index >= 15 is 0 Å². The van der Waals surface area contributed by atoms with Gasteiger partial charge in [0.1, 0.15) is 0 Å². The van der Waals surface area contributed by atoms with Crippen LogP contribution in [0.4, 0.5) is 10.5 Å². The average Bonchev–Trinajstić information content (AvgIpc) is 2.54. The van der Waals surface area contributed by atoms with E-state index < -0.39 is 22.1 Å². The Hall–Kier alpha value is -2.42. The average molecular weight is 349 g/mol. The molecule has 0 saturated heterocycles. The van der Waals surface area contributed by atoms with Crippen LogP contribution in [0.5, 0.6) is 0 Å². The molecule has 0 radical (unpaired) electrons. The normalized spacial score (nSPS) is 12.4. The summed E-state index contributed by atoms with van der Waals surface area (Å²) in [5.41, 5.74) is 1.41. The highest BCUT2D eigenvalue weighted by atomic mass is 32.2. The van der Waals surface area contributed by atoms with Crippen LogP contribution in [-0.4, -0.2) is 32.2 Å². The summed E-state index contributed by atoms with van der Waals surface area (Å²) in [6, 6.07) is 14.0. The zero-order valence-corrected chi connectivity index (χ0v) is 13.7. The van der Waals surface area contributed by atoms with E-state index in [0.717, 1.165) is 5.56 Å². The number of amides is 2. The molecule has 2 aromatic carbocycles.